The zero-order valence-electron chi connectivity index (χ0n) is 16.5. The quantitative estimate of drug-likeness (QED) is 0.444. The lowest BCUT2D eigenvalue weighted by molar-refractivity contribution is 0.191. The highest BCUT2D eigenvalue weighted by molar-refractivity contribution is 7.89. The number of furan rings is 1. The van der Waals surface area contributed by atoms with Gasteiger partial charge in [0, 0.05) is 31.4 Å². The number of carbonyl (C=O) groups is 1. The Hall–Kier alpha value is -3.38. The fourth-order valence-corrected chi connectivity index (χ4v) is 4.07. The molecular formula is C19H22N6O5S. The lowest BCUT2D eigenvalue weighted by atomic mass is 9.97. The van der Waals surface area contributed by atoms with Gasteiger partial charge in [0.15, 0.2) is 11.4 Å². The number of primary sulfonamides is 1. The van der Waals surface area contributed by atoms with Crippen molar-refractivity contribution in [2.45, 2.75) is 17.7 Å². The minimum atomic E-state index is -3.76. The standard InChI is InChI=1S/C19H22N6O5S/c20-31(28,29)14-3-1-13(2-4-14)22-18-23-15-7-10-30-16(15)17(24-18)25-8-5-12(6-9-25)11-21-19(26)27/h1-4,7,10,12,21H,5-6,8-9,11H2,(H,26,27)(H2,20,28,29)(H,22,23,24). The molecule has 1 aromatic carbocycles. The number of nitrogens with one attached hydrogen (secondary N) is 2. The van der Waals surface area contributed by atoms with Gasteiger partial charge in [-0.2, -0.15) is 4.98 Å². The Morgan fingerprint density at radius 2 is 1.90 bits per heavy atom. The van der Waals surface area contributed by atoms with E-state index in [1.807, 2.05) is 0 Å². The van der Waals surface area contributed by atoms with Crippen LogP contribution >= 0.6 is 0 Å². The number of anilines is 3. The van der Waals surface area contributed by atoms with Crippen LogP contribution in [0.25, 0.3) is 11.1 Å². The van der Waals surface area contributed by atoms with Gasteiger partial charge in [-0.3, -0.25) is 0 Å². The molecule has 2 aromatic heterocycles. The number of sulfonamides is 1. The molecule has 1 aliphatic rings. The van der Waals surface area contributed by atoms with Crippen LogP contribution in [0.2, 0.25) is 0 Å². The van der Waals surface area contributed by atoms with E-state index in [0.29, 0.717) is 48.2 Å². The Balaban J connectivity index is 1.53. The number of benzene rings is 1. The first-order valence-electron chi connectivity index (χ1n) is 9.66. The topological polar surface area (TPSA) is 164 Å². The maximum absolute atomic E-state index is 11.4. The zero-order valence-corrected chi connectivity index (χ0v) is 17.3. The number of hydrogen-bond donors (Lipinski definition) is 4. The van der Waals surface area contributed by atoms with Crippen molar-refractivity contribution in [2.24, 2.45) is 11.1 Å². The molecule has 0 unspecified atom stereocenters. The average molecular weight is 446 g/mol. The molecule has 0 spiro atoms. The van der Waals surface area contributed by atoms with Crippen molar-refractivity contribution in [1.82, 2.24) is 15.3 Å². The van der Waals surface area contributed by atoms with Crippen LogP contribution in [0.4, 0.5) is 22.2 Å². The van der Waals surface area contributed by atoms with Crippen LogP contribution in [0.3, 0.4) is 0 Å². The predicted octanol–water partition coefficient (Wildman–Crippen LogP) is 2.10. The van der Waals surface area contributed by atoms with Crippen LogP contribution in [0.1, 0.15) is 12.8 Å². The third-order valence-electron chi connectivity index (χ3n) is 5.18. The van der Waals surface area contributed by atoms with Crippen LogP contribution in [0.15, 0.2) is 45.9 Å². The molecule has 1 aliphatic heterocycles. The van der Waals surface area contributed by atoms with Crippen molar-refractivity contribution in [3.63, 3.8) is 0 Å². The van der Waals surface area contributed by atoms with Crippen LogP contribution in [-0.2, 0) is 10.0 Å². The molecule has 11 nitrogen and oxygen atoms in total. The summed E-state index contributed by atoms with van der Waals surface area (Å²) in [7, 11) is -3.76. The molecule has 3 aromatic rings. The Morgan fingerprint density at radius 3 is 2.55 bits per heavy atom. The largest absolute Gasteiger partial charge is 0.465 e. The summed E-state index contributed by atoms with van der Waals surface area (Å²) >= 11 is 0. The van der Waals surface area contributed by atoms with Crippen molar-refractivity contribution in [2.75, 3.05) is 29.9 Å². The van der Waals surface area contributed by atoms with E-state index in [2.05, 4.69) is 25.5 Å². The summed E-state index contributed by atoms with van der Waals surface area (Å²) in [4.78, 5) is 21.9. The number of fused-ring (bicyclic) bond motifs is 1. The van der Waals surface area contributed by atoms with Crippen molar-refractivity contribution in [1.29, 1.82) is 0 Å². The van der Waals surface area contributed by atoms with Gasteiger partial charge in [-0.1, -0.05) is 0 Å². The Bertz CT molecular complexity index is 1190. The van der Waals surface area contributed by atoms with E-state index in [1.54, 1.807) is 24.5 Å². The van der Waals surface area contributed by atoms with Gasteiger partial charge in [-0.15, -0.1) is 0 Å². The number of piperidine rings is 1. The van der Waals surface area contributed by atoms with Gasteiger partial charge >= 0.3 is 6.09 Å². The number of amides is 1. The maximum Gasteiger partial charge on any atom is 0.404 e. The first-order chi connectivity index (χ1) is 14.8. The molecule has 0 bridgehead atoms. The number of nitrogens with zero attached hydrogens (tertiary/aromatic N) is 3. The summed E-state index contributed by atoms with van der Waals surface area (Å²) in [5.41, 5.74) is 1.83. The Morgan fingerprint density at radius 1 is 1.19 bits per heavy atom. The highest BCUT2D eigenvalue weighted by Gasteiger charge is 2.24. The second-order valence-electron chi connectivity index (χ2n) is 7.32. The van der Waals surface area contributed by atoms with E-state index in [0.717, 1.165) is 12.8 Å². The third-order valence-corrected chi connectivity index (χ3v) is 6.11. The smallest absolute Gasteiger partial charge is 0.404 e. The van der Waals surface area contributed by atoms with Gasteiger partial charge in [-0.05, 0) is 43.0 Å². The van der Waals surface area contributed by atoms with Gasteiger partial charge < -0.3 is 25.1 Å². The predicted molar refractivity (Wildman–Crippen MR) is 114 cm³/mol. The molecule has 0 aliphatic carbocycles. The summed E-state index contributed by atoms with van der Waals surface area (Å²) in [5, 5.41) is 19.4. The first kappa shape index (κ1) is 20.9. The number of nitrogens with two attached hydrogens (primary N) is 1. The van der Waals surface area contributed by atoms with Gasteiger partial charge in [0.1, 0.15) is 5.52 Å². The van der Waals surface area contributed by atoms with Crippen LogP contribution in [0.5, 0.6) is 0 Å². The first-order valence-corrected chi connectivity index (χ1v) is 11.2. The second kappa shape index (κ2) is 8.40. The molecule has 0 radical (unpaired) electrons. The van der Waals surface area contributed by atoms with E-state index in [9.17, 15) is 13.2 Å². The molecule has 1 amide bonds. The minimum Gasteiger partial charge on any atom is -0.465 e. The molecule has 31 heavy (non-hydrogen) atoms. The van der Waals surface area contributed by atoms with Crippen molar-refractivity contribution < 1.29 is 22.7 Å². The number of hydrogen-bond acceptors (Lipinski definition) is 8. The summed E-state index contributed by atoms with van der Waals surface area (Å²) < 4.78 is 28.4. The summed E-state index contributed by atoms with van der Waals surface area (Å²) in [6, 6.07) is 7.74. The van der Waals surface area contributed by atoms with Gasteiger partial charge in [0.25, 0.3) is 0 Å². The minimum absolute atomic E-state index is 0.0187. The molecule has 0 atom stereocenters. The van der Waals surface area contributed by atoms with Crippen molar-refractivity contribution in [3.8, 4) is 0 Å². The number of aromatic nitrogens is 2. The molecule has 1 fully saturated rings. The third kappa shape index (κ3) is 4.86. The van der Waals surface area contributed by atoms with Gasteiger partial charge in [-0.25, -0.2) is 23.3 Å². The number of rotatable bonds is 6. The summed E-state index contributed by atoms with van der Waals surface area (Å²) in [6.45, 7) is 1.85. The molecule has 3 heterocycles. The molecular weight excluding hydrogens is 424 g/mol. The zero-order chi connectivity index (χ0) is 22.0. The highest BCUT2D eigenvalue weighted by atomic mass is 32.2. The molecule has 1 saturated heterocycles. The SMILES string of the molecule is NS(=O)(=O)c1ccc(Nc2nc(N3CCC(CNC(=O)O)CC3)c3occc3n2)cc1. The van der Waals surface area contributed by atoms with E-state index in [4.69, 9.17) is 14.7 Å². The van der Waals surface area contributed by atoms with Crippen LogP contribution in [0, 0.1) is 5.92 Å². The van der Waals surface area contributed by atoms with Gasteiger partial charge in [0.2, 0.25) is 16.0 Å². The highest BCUT2D eigenvalue weighted by Crippen LogP contribution is 2.30. The average Bonchev–Trinajstić information content (AvgIpc) is 3.20. The molecule has 164 valence electrons. The van der Waals surface area contributed by atoms with E-state index >= 15 is 0 Å². The fraction of sp³-hybridized carbons (Fsp3) is 0.316. The lowest BCUT2D eigenvalue weighted by Gasteiger charge is -2.32. The van der Waals surface area contributed by atoms with Crippen molar-refractivity contribution in [3.05, 3.63) is 36.6 Å². The number of carboxylic acid groups (broad SMARTS) is 1. The molecule has 5 N–H and O–H groups in total. The molecule has 0 saturated carbocycles. The van der Waals surface area contributed by atoms with E-state index in [1.165, 1.54) is 12.1 Å². The van der Waals surface area contributed by atoms with E-state index < -0.39 is 16.1 Å². The fourth-order valence-electron chi connectivity index (χ4n) is 3.56. The second-order valence-corrected chi connectivity index (χ2v) is 8.88. The summed E-state index contributed by atoms with van der Waals surface area (Å²) in [5.74, 6) is 1.28. The Kier molecular flexibility index (Phi) is 5.65. The normalized spacial score (nSPS) is 15.2. The van der Waals surface area contributed by atoms with E-state index in [-0.39, 0.29) is 10.8 Å². The van der Waals surface area contributed by atoms with Crippen LogP contribution in [-0.4, -0.2) is 49.2 Å². The molecule has 4 rings (SSSR count). The molecule has 12 heteroatoms. The maximum atomic E-state index is 11.4. The van der Waals surface area contributed by atoms with Gasteiger partial charge in [0.05, 0.1) is 11.2 Å². The monoisotopic (exact) mass is 446 g/mol. The van der Waals surface area contributed by atoms with Crippen LogP contribution < -0.4 is 20.7 Å². The lowest BCUT2D eigenvalue weighted by Crippen LogP contribution is -2.38. The Labute approximate surface area is 178 Å². The summed E-state index contributed by atoms with van der Waals surface area (Å²) in [6.07, 6.45) is 2.19. The van der Waals surface area contributed by atoms with Crippen molar-refractivity contribution >= 4 is 44.7 Å².